The lowest BCUT2D eigenvalue weighted by Gasteiger charge is -2.20. The van der Waals surface area contributed by atoms with Gasteiger partial charge in [0.15, 0.2) is 5.75 Å². The first-order valence-electron chi connectivity index (χ1n) is 12.3. The van der Waals surface area contributed by atoms with E-state index in [1.807, 2.05) is 45.0 Å². The fourth-order valence-corrected chi connectivity index (χ4v) is 3.36. The summed E-state index contributed by atoms with van der Waals surface area (Å²) in [7, 11) is 0. The van der Waals surface area contributed by atoms with E-state index in [2.05, 4.69) is 18.7 Å². The van der Waals surface area contributed by atoms with Crippen LogP contribution in [0, 0.1) is 10.1 Å². The van der Waals surface area contributed by atoms with Crippen LogP contribution in [0.4, 0.5) is 5.69 Å². The Labute approximate surface area is 205 Å². The first-order chi connectivity index (χ1) is 15.9. The van der Waals surface area contributed by atoms with Gasteiger partial charge in [0.1, 0.15) is 0 Å². The molecule has 0 radical (unpaired) electrons. The number of benzene rings is 2. The molecule has 2 aromatic rings. The number of nitrogens with zero attached hydrogens (tertiary/aromatic N) is 2. The van der Waals surface area contributed by atoms with E-state index in [0.29, 0.717) is 11.6 Å². The van der Waals surface area contributed by atoms with Gasteiger partial charge in [-0.25, -0.2) is 0 Å². The van der Waals surface area contributed by atoms with Crippen molar-refractivity contribution in [3.05, 3.63) is 68.7 Å². The summed E-state index contributed by atoms with van der Waals surface area (Å²) in [5.74, 6) is -0.311. The van der Waals surface area contributed by atoms with Crippen molar-refractivity contribution in [2.75, 3.05) is 6.54 Å². The van der Waals surface area contributed by atoms with Gasteiger partial charge in [-0.15, -0.1) is 0 Å². The van der Waals surface area contributed by atoms with Crippen LogP contribution in [0.2, 0.25) is 5.02 Å². The van der Waals surface area contributed by atoms with Gasteiger partial charge in [-0.05, 0) is 35.9 Å². The Balaban J connectivity index is 0.000000786. The van der Waals surface area contributed by atoms with E-state index in [0.717, 1.165) is 24.2 Å². The number of phenols is 1. The van der Waals surface area contributed by atoms with Gasteiger partial charge in [0.05, 0.1) is 4.92 Å². The minimum Gasteiger partial charge on any atom is -0.502 e. The summed E-state index contributed by atoms with van der Waals surface area (Å²) >= 11 is 5.87. The molecular formula is C27H43ClN2O3. The van der Waals surface area contributed by atoms with E-state index in [1.165, 1.54) is 57.1 Å². The molecule has 2 rings (SSSR count). The van der Waals surface area contributed by atoms with Gasteiger partial charge in [0, 0.05) is 24.2 Å². The molecule has 0 aliphatic heterocycles. The number of phenolic OH excluding ortho intramolecular Hbond substituents is 1. The second kappa shape index (κ2) is 19.4. The fourth-order valence-electron chi connectivity index (χ4n) is 3.23. The van der Waals surface area contributed by atoms with E-state index < -0.39 is 4.92 Å². The summed E-state index contributed by atoms with van der Waals surface area (Å²) in [5.41, 5.74) is 1.65. The Bertz CT molecular complexity index is 760. The smallest absolute Gasteiger partial charge is 0.311 e. The van der Waals surface area contributed by atoms with Gasteiger partial charge in [0.25, 0.3) is 0 Å². The van der Waals surface area contributed by atoms with Crippen molar-refractivity contribution < 1.29 is 10.0 Å². The Morgan fingerprint density at radius 3 is 1.82 bits per heavy atom. The summed E-state index contributed by atoms with van der Waals surface area (Å²) in [6, 6.07) is 12.1. The molecule has 0 saturated heterocycles. The molecule has 0 aliphatic rings. The highest BCUT2D eigenvalue weighted by molar-refractivity contribution is 6.30. The molecule has 0 bridgehead atoms. The van der Waals surface area contributed by atoms with Crippen LogP contribution in [-0.2, 0) is 13.1 Å². The summed E-state index contributed by atoms with van der Waals surface area (Å²) in [4.78, 5) is 12.4. The van der Waals surface area contributed by atoms with E-state index in [-0.39, 0.29) is 11.4 Å². The topological polar surface area (TPSA) is 66.6 Å². The SMILES string of the molecule is CC.CCCCCCCCC.CCN(Cc1ccc(Cl)cc1)Cc1ccc(O)c([N+](=O)[O-])c1. The van der Waals surface area contributed by atoms with E-state index in [9.17, 15) is 15.2 Å². The lowest BCUT2D eigenvalue weighted by atomic mass is 10.1. The number of hydrogen-bond acceptors (Lipinski definition) is 4. The van der Waals surface area contributed by atoms with Crippen LogP contribution >= 0.6 is 11.6 Å². The Morgan fingerprint density at radius 2 is 1.33 bits per heavy atom. The predicted octanol–water partition coefficient (Wildman–Crippen LogP) is 8.76. The maximum Gasteiger partial charge on any atom is 0.311 e. The maximum absolute atomic E-state index is 10.9. The molecule has 1 N–H and O–H groups in total. The molecular weight excluding hydrogens is 436 g/mol. The number of nitro groups is 1. The minimum atomic E-state index is -0.575. The molecule has 0 saturated carbocycles. The number of rotatable bonds is 12. The highest BCUT2D eigenvalue weighted by Gasteiger charge is 2.15. The van der Waals surface area contributed by atoms with Crippen LogP contribution in [0.3, 0.4) is 0 Å². The van der Waals surface area contributed by atoms with Gasteiger partial charge in [0.2, 0.25) is 0 Å². The van der Waals surface area contributed by atoms with Crippen LogP contribution in [-0.4, -0.2) is 21.5 Å². The molecule has 6 heteroatoms. The second-order valence-electron chi connectivity index (χ2n) is 7.78. The first-order valence-corrected chi connectivity index (χ1v) is 12.7. The third kappa shape index (κ3) is 13.9. The largest absolute Gasteiger partial charge is 0.502 e. The molecule has 5 nitrogen and oxygen atoms in total. The average molecular weight is 479 g/mol. The standard InChI is InChI=1S/C16H17ClN2O3.C9H20.C2H6/c1-2-18(10-12-3-6-14(17)7-4-12)11-13-5-8-16(20)15(9-13)19(21)22;1-3-5-7-9-8-6-4-2;1-2/h3-9,20H,2,10-11H2,1H3;3-9H2,1-2H3;1-2H3. The molecule has 0 spiro atoms. The Kier molecular flexibility index (Phi) is 18.1. The average Bonchev–Trinajstić information content (AvgIpc) is 2.82. The number of nitro benzene ring substituents is 1. The zero-order valence-corrected chi connectivity index (χ0v) is 21.9. The van der Waals surface area contributed by atoms with Crippen LogP contribution < -0.4 is 0 Å². The van der Waals surface area contributed by atoms with E-state index in [4.69, 9.17) is 11.6 Å². The third-order valence-corrected chi connectivity index (χ3v) is 5.37. The van der Waals surface area contributed by atoms with Gasteiger partial charge < -0.3 is 5.11 Å². The first kappa shape index (κ1) is 30.9. The van der Waals surface area contributed by atoms with Gasteiger partial charge in [-0.3, -0.25) is 15.0 Å². The normalized spacial score (nSPS) is 10.2. The van der Waals surface area contributed by atoms with Crippen LogP contribution in [0.5, 0.6) is 5.75 Å². The molecule has 0 aliphatic carbocycles. The van der Waals surface area contributed by atoms with Gasteiger partial charge >= 0.3 is 5.69 Å². The fraction of sp³-hybridized carbons (Fsp3) is 0.556. The lowest BCUT2D eigenvalue weighted by molar-refractivity contribution is -0.385. The van der Waals surface area contributed by atoms with Crippen molar-refractivity contribution >= 4 is 17.3 Å². The summed E-state index contributed by atoms with van der Waals surface area (Å²) in [6.45, 7) is 12.7. The van der Waals surface area contributed by atoms with Crippen molar-refractivity contribution in [3.8, 4) is 5.75 Å². The Hall–Kier alpha value is -2.11. The van der Waals surface area contributed by atoms with Crippen molar-refractivity contribution in [3.63, 3.8) is 0 Å². The van der Waals surface area contributed by atoms with E-state index >= 15 is 0 Å². The summed E-state index contributed by atoms with van der Waals surface area (Å²) in [6.07, 6.45) is 9.97. The molecule has 0 atom stereocenters. The molecule has 0 aromatic heterocycles. The third-order valence-electron chi connectivity index (χ3n) is 5.12. The van der Waals surface area contributed by atoms with Crippen molar-refractivity contribution in [1.82, 2.24) is 4.90 Å². The zero-order chi connectivity index (χ0) is 25.1. The molecule has 2 aromatic carbocycles. The molecule has 33 heavy (non-hydrogen) atoms. The van der Waals surface area contributed by atoms with Crippen molar-refractivity contribution in [1.29, 1.82) is 0 Å². The monoisotopic (exact) mass is 478 g/mol. The zero-order valence-electron chi connectivity index (χ0n) is 21.1. The van der Waals surface area contributed by atoms with Gasteiger partial charge in [-0.1, -0.05) is 109 Å². The number of aromatic hydroxyl groups is 1. The number of halogens is 1. The highest BCUT2D eigenvalue weighted by atomic mass is 35.5. The second-order valence-corrected chi connectivity index (χ2v) is 8.21. The summed E-state index contributed by atoms with van der Waals surface area (Å²) < 4.78 is 0. The van der Waals surface area contributed by atoms with Gasteiger partial charge in [-0.2, -0.15) is 0 Å². The lowest BCUT2D eigenvalue weighted by Crippen LogP contribution is -2.22. The molecule has 0 fully saturated rings. The minimum absolute atomic E-state index is 0.264. The summed E-state index contributed by atoms with van der Waals surface area (Å²) in [5, 5.41) is 21.1. The van der Waals surface area contributed by atoms with E-state index in [1.54, 1.807) is 6.07 Å². The quantitative estimate of drug-likeness (QED) is 0.188. The van der Waals surface area contributed by atoms with Crippen molar-refractivity contribution in [2.24, 2.45) is 0 Å². The highest BCUT2D eigenvalue weighted by Crippen LogP contribution is 2.27. The van der Waals surface area contributed by atoms with Crippen molar-refractivity contribution in [2.45, 2.75) is 92.7 Å². The molecule has 186 valence electrons. The molecule has 0 heterocycles. The molecule has 0 unspecified atom stereocenters. The van der Waals surface area contributed by atoms with Crippen LogP contribution in [0.15, 0.2) is 42.5 Å². The maximum atomic E-state index is 10.9. The van der Waals surface area contributed by atoms with Crippen LogP contribution in [0.1, 0.15) is 90.7 Å². The molecule has 0 amide bonds. The number of hydrogen-bond donors (Lipinski definition) is 1. The predicted molar refractivity (Wildman–Crippen MR) is 141 cm³/mol. The Morgan fingerprint density at radius 1 is 0.848 bits per heavy atom. The van der Waals surface area contributed by atoms with Crippen LogP contribution in [0.25, 0.3) is 0 Å². The number of unbranched alkanes of at least 4 members (excludes halogenated alkanes) is 6.